The Morgan fingerprint density at radius 1 is 0.340 bits per heavy atom. The van der Waals surface area contributed by atoms with Gasteiger partial charge in [-0.3, -0.25) is 0 Å². The number of benzene rings is 8. The number of hydrogen-bond acceptors (Lipinski definition) is 2. The lowest BCUT2D eigenvalue weighted by Gasteiger charge is -2.13. The molecule has 11 aromatic rings. The quantitative estimate of drug-likeness (QED) is 0.185. The molecule has 0 atom stereocenters. The van der Waals surface area contributed by atoms with E-state index < -0.39 is 0 Å². The third-order valence-corrected chi connectivity index (χ3v) is 9.94. The summed E-state index contributed by atoms with van der Waals surface area (Å²) in [6.07, 6.45) is 0. The van der Waals surface area contributed by atoms with Crippen LogP contribution in [0.25, 0.3) is 104 Å². The van der Waals surface area contributed by atoms with E-state index in [1.54, 1.807) is 0 Å². The predicted octanol–water partition coefficient (Wildman–Crippen LogP) is 12.6. The first-order chi connectivity index (χ1) is 23.3. The number of furan rings is 2. The number of rotatable bonds is 2. The van der Waals surface area contributed by atoms with E-state index in [1.165, 1.54) is 49.1 Å². The summed E-state index contributed by atoms with van der Waals surface area (Å²) in [5, 5.41) is 11.7. The fourth-order valence-corrected chi connectivity index (χ4v) is 7.82. The maximum absolute atomic E-state index is 6.43. The van der Waals surface area contributed by atoms with Crippen molar-refractivity contribution in [1.82, 2.24) is 4.57 Å². The first kappa shape index (κ1) is 24.9. The van der Waals surface area contributed by atoms with Gasteiger partial charge in [0.1, 0.15) is 22.3 Å². The van der Waals surface area contributed by atoms with E-state index in [0.717, 1.165) is 55.0 Å². The lowest BCUT2D eigenvalue weighted by atomic mass is 9.91. The second kappa shape index (κ2) is 9.12. The molecule has 0 aliphatic heterocycles. The Bertz CT molecular complexity index is 3070. The molecule has 218 valence electrons. The minimum absolute atomic E-state index is 0.898. The van der Waals surface area contributed by atoms with Gasteiger partial charge >= 0.3 is 0 Å². The standard InChI is InChI=1S/C44H25NO2/c1-2-10-28(11-3-1)45-39-15-7-4-12-29(39)36-20-26(18-19-40(36)45)32-21-27-22-43-37(30-13-5-8-16-41(30)46-43)23-33(27)35-25-44-38(24-34(32)35)31-14-6-9-17-42(31)47-44/h1-25H. The number of para-hydroxylation sites is 4. The maximum Gasteiger partial charge on any atom is 0.136 e. The summed E-state index contributed by atoms with van der Waals surface area (Å²) in [7, 11) is 0. The number of fused-ring (bicyclic) bond motifs is 12. The lowest BCUT2D eigenvalue weighted by molar-refractivity contribution is 0.669. The number of hydrogen-bond donors (Lipinski definition) is 0. The van der Waals surface area contributed by atoms with Crippen molar-refractivity contribution in [3.63, 3.8) is 0 Å². The number of aromatic nitrogens is 1. The van der Waals surface area contributed by atoms with Crippen LogP contribution in [0.4, 0.5) is 0 Å². The Morgan fingerprint density at radius 2 is 0.957 bits per heavy atom. The first-order valence-corrected chi connectivity index (χ1v) is 16.0. The Morgan fingerprint density at radius 3 is 1.72 bits per heavy atom. The van der Waals surface area contributed by atoms with Gasteiger partial charge in [0, 0.05) is 38.0 Å². The van der Waals surface area contributed by atoms with Gasteiger partial charge in [-0.05, 0) is 105 Å². The highest BCUT2D eigenvalue weighted by Crippen LogP contribution is 2.43. The molecule has 3 nitrogen and oxygen atoms in total. The summed E-state index contributed by atoms with van der Waals surface area (Å²) >= 11 is 0. The van der Waals surface area contributed by atoms with E-state index in [-0.39, 0.29) is 0 Å². The number of nitrogens with zero attached hydrogens (tertiary/aromatic N) is 1. The van der Waals surface area contributed by atoms with Crippen molar-refractivity contribution in [3.05, 3.63) is 152 Å². The van der Waals surface area contributed by atoms with Crippen LogP contribution in [0.2, 0.25) is 0 Å². The van der Waals surface area contributed by atoms with Crippen molar-refractivity contribution in [1.29, 1.82) is 0 Å². The average molecular weight is 600 g/mol. The molecule has 47 heavy (non-hydrogen) atoms. The molecule has 0 spiro atoms. The smallest absolute Gasteiger partial charge is 0.136 e. The second-order valence-electron chi connectivity index (χ2n) is 12.5. The van der Waals surface area contributed by atoms with Gasteiger partial charge < -0.3 is 13.4 Å². The van der Waals surface area contributed by atoms with Crippen LogP contribution in [-0.4, -0.2) is 4.57 Å². The fraction of sp³-hybridized carbons (Fsp3) is 0. The van der Waals surface area contributed by atoms with Crippen LogP contribution in [0, 0.1) is 0 Å². The molecule has 0 N–H and O–H groups in total. The van der Waals surface area contributed by atoms with Gasteiger partial charge in [0.2, 0.25) is 0 Å². The van der Waals surface area contributed by atoms with E-state index >= 15 is 0 Å². The van der Waals surface area contributed by atoms with E-state index in [4.69, 9.17) is 8.83 Å². The zero-order valence-electron chi connectivity index (χ0n) is 25.2. The van der Waals surface area contributed by atoms with Gasteiger partial charge in [-0.1, -0.05) is 78.9 Å². The minimum Gasteiger partial charge on any atom is -0.456 e. The van der Waals surface area contributed by atoms with Gasteiger partial charge in [-0.2, -0.15) is 0 Å². The molecule has 0 aliphatic rings. The molecular weight excluding hydrogens is 574 g/mol. The normalized spacial score (nSPS) is 12.3. The molecule has 0 saturated heterocycles. The molecule has 3 heteroatoms. The molecule has 0 amide bonds. The van der Waals surface area contributed by atoms with Crippen LogP contribution in [0.5, 0.6) is 0 Å². The van der Waals surface area contributed by atoms with E-state index in [9.17, 15) is 0 Å². The molecular formula is C44H25NO2. The SMILES string of the molecule is c1ccc(-n2c3ccccc3c3cc(-c4cc5cc6oc7ccccc7c6cc5c5cc6oc7ccccc7c6cc45)ccc32)cc1. The summed E-state index contributed by atoms with van der Waals surface area (Å²) in [6, 6.07) is 54.3. The van der Waals surface area contributed by atoms with Crippen molar-refractivity contribution in [2.45, 2.75) is 0 Å². The molecule has 0 aliphatic carbocycles. The van der Waals surface area contributed by atoms with Crippen LogP contribution in [0.15, 0.2) is 160 Å². The third kappa shape index (κ3) is 3.46. The lowest BCUT2D eigenvalue weighted by Crippen LogP contribution is -1.93. The van der Waals surface area contributed by atoms with Crippen molar-refractivity contribution >= 4 is 87.2 Å². The molecule has 3 heterocycles. The maximum atomic E-state index is 6.43. The highest BCUT2D eigenvalue weighted by atomic mass is 16.3. The second-order valence-corrected chi connectivity index (χ2v) is 12.5. The van der Waals surface area contributed by atoms with Crippen molar-refractivity contribution < 1.29 is 8.83 Å². The highest BCUT2D eigenvalue weighted by molar-refractivity contribution is 6.23. The van der Waals surface area contributed by atoms with Gasteiger partial charge in [0.15, 0.2) is 0 Å². The molecule has 0 fully saturated rings. The summed E-state index contributed by atoms with van der Waals surface area (Å²) in [4.78, 5) is 0. The summed E-state index contributed by atoms with van der Waals surface area (Å²) in [6.45, 7) is 0. The van der Waals surface area contributed by atoms with Crippen LogP contribution < -0.4 is 0 Å². The Hall–Kier alpha value is -6.32. The van der Waals surface area contributed by atoms with Crippen molar-refractivity contribution in [3.8, 4) is 16.8 Å². The summed E-state index contributed by atoms with van der Waals surface area (Å²) < 4.78 is 15.2. The van der Waals surface area contributed by atoms with Crippen LogP contribution in [0.1, 0.15) is 0 Å². The first-order valence-electron chi connectivity index (χ1n) is 16.0. The van der Waals surface area contributed by atoms with E-state index in [2.05, 4.69) is 138 Å². The van der Waals surface area contributed by atoms with Crippen molar-refractivity contribution in [2.75, 3.05) is 0 Å². The van der Waals surface area contributed by atoms with Gasteiger partial charge in [-0.25, -0.2) is 0 Å². The summed E-state index contributed by atoms with van der Waals surface area (Å²) in [5.41, 5.74) is 9.53. The predicted molar refractivity (Wildman–Crippen MR) is 196 cm³/mol. The molecule has 0 radical (unpaired) electrons. The molecule has 0 unspecified atom stereocenters. The third-order valence-electron chi connectivity index (χ3n) is 9.94. The van der Waals surface area contributed by atoms with Crippen molar-refractivity contribution in [2.24, 2.45) is 0 Å². The van der Waals surface area contributed by atoms with Gasteiger partial charge in [0.05, 0.1) is 11.0 Å². The monoisotopic (exact) mass is 599 g/mol. The van der Waals surface area contributed by atoms with E-state index in [0.29, 0.717) is 0 Å². The van der Waals surface area contributed by atoms with Crippen LogP contribution in [0.3, 0.4) is 0 Å². The Kier molecular flexibility index (Phi) is 4.84. The van der Waals surface area contributed by atoms with Crippen LogP contribution >= 0.6 is 0 Å². The van der Waals surface area contributed by atoms with Gasteiger partial charge in [-0.15, -0.1) is 0 Å². The minimum atomic E-state index is 0.898. The molecule has 3 aromatic heterocycles. The zero-order chi connectivity index (χ0) is 30.6. The molecule has 0 bridgehead atoms. The molecule has 8 aromatic carbocycles. The Balaban J connectivity index is 1.27. The van der Waals surface area contributed by atoms with Crippen LogP contribution in [-0.2, 0) is 0 Å². The zero-order valence-corrected chi connectivity index (χ0v) is 25.2. The van der Waals surface area contributed by atoms with Gasteiger partial charge in [0.25, 0.3) is 0 Å². The van der Waals surface area contributed by atoms with E-state index in [1.807, 2.05) is 18.2 Å². The largest absolute Gasteiger partial charge is 0.456 e. The fourth-order valence-electron chi connectivity index (χ4n) is 7.82. The Labute approximate surface area is 268 Å². The highest BCUT2D eigenvalue weighted by Gasteiger charge is 2.18. The summed E-state index contributed by atoms with van der Waals surface area (Å²) in [5.74, 6) is 0. The topological polar surface area (TPSA) is 31.2 Å². The molecule has 0 saturated carbocycles. The average Bonchev–Trinajstić information content (AvgIpc) is 3.78. The molecule has 11 rings (SSSR count).